The summed E-state index contributed by atoms with van der Waals surface area (Å²) < 4.78 is 27.5. The zero-order chi connectivity index (χ0) is 15.4. The number of halogens is 3. The van der Waals surface area contributed by atoms with Gasteiger partial charge in [0.1, 0.15) is 0 Å². The topological polar surface area (TPSA) is 32.3 Å². The fourth-order valence-corrected chi connectivity index (χ4v) is 2.32. The number of hydrogen-bond acceptors (Lipinski definition) is 2. The molecule has 21 heavy (non-hydrogen) atoms. The van der Waals surface area contributed by atoms with Crippen LogP contribution in [0.4, 0.5) is 8.78 Å². The average molecular weight is 356 g/mol. The second-order valence-electron chi connectivity index (χ2n) is 5.02. The third-order valence-corrected chi connectivity index (χ3v) is 3.72. The van der Waals surface area contributed by atoms with Gasteiger partial charge in [0.05, 0.1) is 0 Å². The highest BCUT2D eigenvalue weighted by atomic mass is 79.9. The molecule has 1 atom stereocenters. The van der Waals surface area contributed by atoms with Gasteiger partial charge in [-0.3, -0.25) is 0 Å². The van der Waals surface area contributed by atoms with Crippen LogP contribution in [0.2, 0.25) is 0 Å². The van der Waals surface area contributed by atoms with E-state index in [0.29, 0.717) is 12.1 Å². The van der Waals surface area contributed by atoms with Crippen LogP contribution in [0.5, 0.6) is 5.75 Å². The maximum atomic E-state index is 13.2. The number of aromatic hydroxyl groups is 1. The molecule has 0 aliphatic carbocycles. The first-order valence-electron chi connectivity index (χ1n) is 6.60. The Bertz CT molecular complexity index is 593. The standard InChI is InChI=1S/C16H16BrF2NO/c1-10(6-11-2-4-13(17)5-3-11)20-9-12-7-14(18)16(21)15(19)8-12/h2-5,7-8,10,20-21H,6,9H2,1H3. The lowest BCUT2D eigenvalue weighted by Gasteiger charge is -2.14. The van der Waals surface area contributed by atoms with Crippen LogP contribution < -0.4 is 5.32 Å². The zero-order valence-corrected chi connectivity index (χ0v) is 13.1. The van der Waals surface area contributed by atoms with Crippen LogP contribution >= 0.6 is 15.9 Å². The summed E-state index contributed by atoms with van der Waals surface area (Å²) in [7, 11) is 0. The largest absolute Gasteiger partial charge is 0.503 e. The fourth-order valence-electron chi connectivity index (χ4n) is 2.06. The van der Waals surface area contributed by atoms with Gasteiger partial charge in [-0.2, -0.15) is 0 Å². The molecule has 0 aliphatic rings. The summed E-state index contributed by atoms with van der Waals surface area (Å²) in [6.45, 7) is 2.35. The molecule has 0 heterocycles. The smallest absolute Gasteiger partial charge is 0.187 e. The van der Waals surface area contributed by atoms with Gasteiger partial charge in [-0.05, 0) is 48.7 Å². The molecular formula is C16H16BrF2NO. The Hall–Kier alpha value is -1.46. The summed E-state index contributed by atoms with van der Waals surface area (Å²) in [5.41, 5.74) is 1.65. The van der Waals surface area contributed by atoms with Gasteiger partial charge in [0.15, 0.2) is 17.4 Å². The second kappa shape index (κ2) is 7.00. The molecule has 2 aromatic rings. The minimum absolute atomic E-state index is 0.158. The third kappa shape index (κ3) is 4.51. The molecule has 0 radical (unpaired) electrons. The molecule has 0 spiro atoms. The molecule has 5 heteroatoms. The van der Waals surface area contributed by atoms with E-state index in [0.717, 1.165) is 23.0 Å². The zero-order valence-electron chi connectivity index (χ0n) is 11.5. The third-order valence-electron chi connectivity index (χ3n) is 3.19. The molecule has 0 saturated heterocycles. The number of hydrogen-bond donors (Lipinski definition) is 2. The summed E-state index contributed by atoms with van der Waals surface area (Å²) >= 11 is 3.39. The number of phenols is 1. The van der Waals surface area contributed by atoms with Crippen LogP contribution in [0, 0.1) is 11.6 Å². The van der Waals surface area contributed by atoms with Crippen molar-refractivity contribution in [3.8, 4) is 5.75 Å². The van der Waals surface area contributed by atoms with Crippen molar-refractivity contribution in [2.75, 3.05) is 0 Å². The lowest BCUT2D eigenvalue weighted by Crippen LogP contribution is -2.27. The molecule has 0 saturated carbocycles. The van der Waals surface area contributed by atoms with E-state index in [1.54, 1.807) is 0 Å². The van der Waals surface area contributed by atoms with Crippen LogP contribution in [0.25, 0.3) is 0 Å². The maximum absolute atomic E-state index is 13.2. The fraction of sp³-hybridized carbons (Fsp3) is 0.250. The van der Waals surface area contributed by atoms with E-state index in [1.165, 1.54) is 5.56 Å². The highest BCUT2D eigenvalue weighted by Gasteiger charge is 2.10. The number of benzene rings is 2. The van der Waals surface area contributed by atoms with Crippen molar-refractivity contribution in [1.29, 1.82) is 0 Å². The molecule has 2 nitrogen and oxygen atoms in total. The minimum Gasteiger partial charge on any atom is -0.503 e. The normalized spacial score (nSPS) is 12.4. The Morgan fingerprint density at radius 1 is 1.10 bits per heavy atom. The summed E-state index contributed by atoms with van der Waals surface area (Å²) in [4.78, 5) is 0. The molecule has 0 aromatic heterocycles. The number of nitrogens with one attached hydrogen (secondary N) is 1. The second-order valence-corrected chi connectivity index (χ2v) is 5.94. The van der Waals surface area contributed by atoms with Crippen molar-refractivity contribution < 1.29 is 13.9 Å². The molecule has 0 amide bonds. The first kappa shape index (κ1) is 15.9. The monoisotopic (exact) mass is 355 g/mol. The molecule has 2 aromatic carbocycles. The number of rotatable bonds is 5. The van der Waals surface area contributed by atoms with E-state index < -0.39 is 17.4 Å². The molecule has 0 fully saturated rings. The summed E-state index contributed by atoms with van der Waals surface area (Å²) in [5.74, 6) is -2.80. The van der Waals surface area contributed by atoms with Crippen LogP contribution in [0.15, 0.2) is 40.9 Å². The molecule has 0 bridgehead atoms. The van der Waals surface area contributed by atoms with Gasteiger partial charge >= 0.3 is 0 Å². The highest BCUT2D eigenvalue weighted by Crippen LogP contribution is 2.21. The van der Waals surface area contributed by atoms with Gasteiger partial charge in [0.2, 0.25) is 0 Å². The van der Waals surface area contributed by atoms with Gasteiger partial charge in [-0.15, -0.1) is 0 Å². The van der Waals surface area contributed by atoms with E-state index in [4.69, 9.17) is 5.11 Å². The van der Waals surface area contributed by atoms with Crippen LogP contribution in [-0.2, 0) is 13.0 Å². The average Bonchev–Trinajstić information content (AvgIpc) is 2.45. The predicted octanol–water partition coefficient (Wildman–Crippen LogP) is 4.15. The van der Waals surface area contributed by atoms with Crippen molar-refractivity contribution in [2.24, 2.45) is 0 Å². The molecule has 2 N–H and O–H groups in total. The van der Waals surface area contributed by atoms with Gasteiger partial charge in [0.25, 0.3) is 0 Å². The quantitative estimate of drug-likeness (QED) is 0.844. The van der Waals surface area contributed by atoms with Gasteiger partial charge < -0.3 is 10.4 Å². The van der Waals surface area contributed by atoms with Crippen molar-refractivity contribution in [3.05, 3.63) is 63.6 Å². The van der Waals surface area contributed by atoms with Gasteiger partial charge in [0, 0.05) is 17.1 Å². The summed E-state index contributed by atoms with van der Waals surface area (Å²) in [6, 6.07) is 10.4. The van der Waals surface area contributed by atoms with E-state index in [1.807, 2.05) is 31.2 Å². The van der Waals surface area contributed by atoms with Crippen molar-refractivity contribution in [3.63, 3.8) is 0 Å². The molecule has 0 aliphatic heterocycles. The summed E-state index contributed by atoms with van der Waals surface area (Å²) in [5, 5.41) is 12.3. The first-order chi connectivity index (χ1) is 9.95. The van der Waals surface area contributed by atoms with E-state index in [2.05, 4.69) is 21.2 Å². The van der Waals surface area contributed by atoms with Crippen LogP contribution in [0.1, 0.15) is 18.1 Å². The Morgan fingerprint density at radius 2 is 1.67 bits per heavy atom. The van der Waals surface area contributed by atoms with Gasteiger partial charge in [-0.1, -0.05) is 28.1 Å². The van der Waals surface area contributed by atoms with Crippen molar-refractivity contribution >= 4 is 15.9 Å². The van der Waals surface area contributed by atoms with Crippen LogP contribution in [-0.4, -0.2) is 11.1 Å². The SMILES string of the molecule is CC(Cc1ccc(Br)cc1)NCc1cc(F)c(O)c(F)c1. The van der Waals surface area contributed by atoms with E-state index in [-0.39, 0.29) is 6.04 Å². The van der Waals surface area contributed by atoms with E-state index >= 15 is 0 Å². The lowest BCUT2D eigenvalue weighted by atomic mass is 10.1. The Balaban J connectivity index is 1.92. The molecule has 1 unspecified atom stereocenters. The number of phenolic OH excluding ortho intramolecular Hbond substituents is 1. The Labute approximate surface area is 130 Å². The van der Waals surface area contributed by atoms with Gasteiger partial charge in [-0.25, -0.2) is 8.78 Å². The molecular weight excluding hydrogens is 340 g/mol. The predicted molar refractivity (Wildman–Crippen MR) is 82.2 cm³/mol. The molecule has 2 rings (SSSR count). The lowest BCUT2D eigenvalue weighted by molar-refractivity contribution is 0.394. The van der Waals surface area contributed by atoms with E-state index in [9.17, 15) is 8.78 Å². The Morgan fingerprint density at radius 3 is 2.24 bits per heavy atom. The van der Waals surface area contributed by atoms with Crippen molar-refractivity contribution in [1.82, 2.24) is 5.32 Å². The maximum Gasteiger partial charge on any atom is 0.187 e. The first-order valence-corrected chi connectivity index (χ1v) is 7.39. The highest BCUT2D eigenvalue weighted by molar-refractivity contribution is 9.10. The summed E-state index contributed by atoms with van der Waals surface area (Å²) in [6.07, 6.45) is 0.816. The van der Waals surface area contributed by atoms with Crippen molar-refractivity contribution in [2.45, 2.75) is 25.9 Å². The van der Waals surface area contributed by atoms with Crippen LogP contribution in [0.3, 0.4) is 0 Å². The Kier molecular flexibility index (Phi) is 5.31. The molecule has 112 valence electrons. The minimum atomic E-state index is -0.938.